The standard InChI is InChI=1S/C17H14F2N2O4/c18-17(19)25-14-7-2-1-4-12(14)21-16(24)10-8-9-11(20-15(10)23)5-3-6-13(9)22/h1-2,4,7-8,17H,3,5-6H2,(H,20,23)(H,21,24). The molecule has 8 heteroatoms. The fourth-order valence-corrected chi connectivity index (χ4v) is 2.70. The highest BCUT2D eigenvalue weighted by Gasteiger charge is 2.22. The Morgan fingerprint density at radius 2 is 1.96 bits per heavy atom. The highest BCUT2D eigenvalue weighted by molar-refractivity contribution is 6.07. The molecule has 1 amide bonds. The Labute approximate surface area is 140 Å². The van der Waals surface area contributed by atoms with Gasteiger partial charge in [-0.05, 0) is 31.0 Å². The van der Waals surface area contributed by atoms with Crippen LogP contribution < -0.4 is 15.6 Å². The van der Waals surface area contributed by atoms with Crippen LogP contribution in [0.25, 0.3) is 0 Å². The van der Waals surface area contributed by atoms with Crippen LogP contribution in [-0.2, 0) is 6.42 Å². The fourth-order valence-electron chi connectivity index (χ4n) is 2.70. The van der Waals surface area contributed by atoms with Crippen LogP contribution in [0, 0.1) is 0 Å². The Morgan fingerprint density at radius 3 is 2.72 bits per heavy atom. The van der Waals surface area contributed by atoms with Crippen molar-refractivity contribution in [3.05, 3.63) is 57.5 Å². The number of rotatable bonds is 4. The number of Topliss-reactive ketones (excluding diaryl/α,β-unsaturated/α-hetero) is 1. The van der Waals surface area contributed by atoms with Gasteiger partial charge in [0.15, 0.2) is 5.78 Å². The van der Waals surface area contributed by atoms with E-state index in [4.69, 9.17) is 0 Å². The number of H-pyrrole nitrogens is 1. The smallest absolute Gasteiger partial charge is 0.387 e. The zero-order valence-electron chi connectivity index (χ0n) is 13.0. The van der Waals surface area contributed by atoms with Crippen LogP contribution in [-0.4, -0.2) is 23.3 Å². The predicted octanol–water partition coefficient (Wildman–Crippen LogP) is 2.75. The number of aromatic nitrogens is 1. The van der Waals surface area contributed by atoms with Crippen molar-refractivity contribution in [2.24, 2.45) is 0 Å². The molecule has 1 aliphatic rings. The van der Waals surface area contributed by atoms with E-state index in [9.17, 15) is 23.2 Å². The Morgan fingerprint density at radius 1 is 1.20 bits per heavy atom. The molecule has 0 unspecified atom stereocenters. The number of amides is 1. The van der Waals surface area contributed by atoms with E-state index in [0.717, 1.165) is 0 Å². The summed E-state index contributed by atoms with van der Waals surface area (Å²) in [7, 11) is 0. The van der Waals surface area contributed by atoms with Crippen molar-refractivity contribution in [1.82, 2.24) is 4.98 Å². The summed E-state index contributed by atoms with van der Waals surface area (Å²) in [6.07, 6.45) is 1.56. The number of pyridine rings is 1. The summed E-state index contributed by atoms with van der Waals surface area (Å²) in [6.45, 7) is -3.05. The molecular formula is C17H14F2N2O4. The number of aryl methyl sites for hydroxylation is 1. The van der Waals surface area contributed by atoms with E-state index in [-0.39, 0.29) is 22.8 Å². The van der Waals surface area contributed by atoms with Gasteiger partial charge in [-0.2, -0.15) is 8.78 Å². The van der Waals surface area contributed by atoms with Gasteiger partial charge >= 0.3 is 6.61 Å². The monoisotopic (exact) mass is 348 g/mol. The van der Waals surface area contributed by atoms with Crippen LogP contribution in [0.15, 0.2) is 35.1 Å². The minimum atomic E-state index is -3.05. The maximum Gasteiger partial charge on any atom is 0.387 e. The molecule has 2 N–H and O–H groups in total. The fraction of sp³-hybridized carbons (Fsp3) is 0.235. The SMILES string of the molecule is O=C1CCCc2[nH]c(=O)c(C(=O)Nc3ccccc3OC(F)F)cc21. The van der Waals surface area contributed by atoms with Crippen molar-refractivity contribution in [2.75, 3.05) is 5.32 Å². The van der Waals surface area contributed by atoms with E-state index in [1.807, 2.05) is 0 Å². The van der Waals surface area contributed by atoms with Gasteiger partial charge in [-0.3, -0.25) is 14.4 Å². The molecule has 2 aromatic rings. The summed E-state index contributed by atoms with van der Waals surface area (Å²) in [5.41, 5.74) is -0.0809. The van der Waals surface area contributed by atoms with Gasteiger partial charge in [0.25, 0.3) is 11.5 Å². The number of ether oxygens (including phenoxy) is 1. The van der Waals surface area contributed by atoms with Crippen LogP contribution in [0.3, 0.4) is 0 Å². The molecule has 0 saturated heterocycles. The number of aromatic amines is 1. The molecule has 0 radical (unpaired) electrons. The normalized spacial score (nSPS) is 13.5. The molecular weight excluding hydrogens is 334 g/mol. The first-order valence-electron chi connectivity index (χ1n) is 7.60. The molecule has 0 bridgehead atoms. The summed E-state index contributed by atoms with van der Waals surface area (Å²) in [5.74, 6) is -1.18. The number of hydrogen-bond donors (Lipinski definition) is 2. The lowest BCUT2D eigenvalue weighted by atomic mass is 9.93. The third-order valence-electron chi connectivity index (χ3n) is 3.85. The van der Waals surface area contributed by atoms with Crippen molar-refractivity contribution < 1.29 is 23.1 Å². The molecule has 0 aliphatic heterocycles. The zero-order valence-corrected chi connectivity index (χ0v) is 13.0. The molecule has 0 saturated carbocycles. The molecule has 0 fully saturated rings. The molecule has 0 spiro atoms. The number of hydrogen-bond acceptors (Lipinski definition) is 4. The average Bonchev–Trinajstić information content (AvgIpc) is 2.56. The van der Waals surface area contributed by atoms with Gasteiger partial charge in [0.05, 0.1) is 5.69 Å². The lowest BCUT2D eigenvalue weighted by Gasteiger charge is -2.15. The van der Waals surface area contributed by atoms with Crippen LogP contribution in [0.1, 0.15) is 39.3 Å². The van der Waals surface area contributed by atoms with Gasteiger partial charge < -0.3 is 15.0 Å². The van der Waals surface area contributed by atoms with Crippen molar-refractivity contribution in [3.63, 3.8) is 0 Å². The third kappa shape index (κ3) is 3.57. The Bertz CT molecular complexity index is 892. The minimum absolute atomic E-state index is 0.00347. The van der Waals surface area contributed by atoms with Gasteiger partial charge in [0.2, 0.25) is 0 Å². The first-order chi connectivity index (χ1) is 12.0. The largest absolute Gasteiger partial charge is 0.433 e. The van der Waals surface area contributed by atoms with E-state index in [1.54, 1.807) is 0 Å². The zero-order chi connectivity index (χ0) is 18.0. The Kier molecular flexibility index (Phi) is 4.60. The Balaban J connectivity index is 1.91. The Hall–Kier alpha value is -3.03. The number of para-hydroxylation sites is 2. The van der Waals surface area contributed by atoms with Crippen molar-refractivity contribution in [2.45, 2.75) is 25.9 Å². The van der Waals surface area contributed by atoms with Crippen LogP contribution in [0.2, 0.25) is 0 Å². The number of carbonyl (C=O) groups is 2. The van der Waals surface area contributed by atoms with Crippen LogP contribution in [0.5, 0.6) is 5.75 Å². The number of ketones is 1. The molecule has 1 heterocycles. The van der Waals surface area contributed by atoms with E-state index >= 15 is 0 Å². The summed E-state index contributed by atoms with van der Waals surface area (Å²) >= 11 is 0. The second-order valence-corrected chi connectivity index (χ2v) is 5.51. The van der Waals surface area contributed by atoms with Crippen molar-refractivity contribution in [3.8, 4) is 5.75 Å². The maximum atomic E-state index is 12.4. The van der Waals surface area contributed by atoms with Gasteiger partial charge in [-0.25, -0.2) is 0 Å². The van der Waals surface area contributed by atoms with Gasteiger partial charge in [-0.15, -0.1) is 0 Å². The number of carbonyl (C=O) groups excluding carboxylic acids is 2. The van der Waals surface area contributed by atoms with E-state index < -0.39 is 18.1 Å². The molecule has 130 valence electrons. The topological polar surface area (TPSA) is 88.3 Å². The second kappa shape index (κ2) is 6.84. The lowest BCUT2D eigenvalue weighted by Crippen LogP contribution is -2.27. The van der Waals surface area contributed by atoms with E-state index in [1.165, 1.54) is 30.3 Å². The summed E-state index contributed by atoms with van der Waals surface area (Å²) in [6, 6.07) is 6.88. The number of alkyl halides is 2. The van der Waals surface area contributed by atoms with Crippen molar-refractivity contribution >= 4 is 17.4 Å². The highest BCUT2D eigenvalue weighted by Crippen LogP contribution is 2.26. The van der Waals surface area contributed by atoms with E-state index in [0.29, 0.717) is 30.5 Å². The number of benzene rings is 1. The molecule has 1 aromatic carbocycles. The van der Waals surface area contributed by atoms with Gasteiger partial charge in [0, 0.05) is 17.7 Å². The van der Waals surface area contributed by atoms with Crippen LogP contribution >= 0.6 is 0 Å². The molecule has 25 heavy (non-hydrogen) atoms. The first kappa shape index (κ1) is 16.8. The highest BCUT2D eigenvalue weighted by atomic mass is 19.3. The molecule has 6 nitrogen and oxygen atoms in total. The first-order valence-corrected chi connectivity index (χ1v) is 7.60. The third-order valence-corrected chi connectivity index (χ3v) is 3.85. The second-order valence-electron chi connectivity index (χ2n) is 5.51. The summed E-state index contributed by atoms with van der Waals surface area (Å²) < 4.78 is 29.2. The molecule has 1 aliphatic carbocycles. The lowest BCUT2D eigenvalue weighted by molar-refractivity contribution is -0.0493. The molecule has 1 aromatic heterocycles. The number of anilines is 1. The number of fused-ring (bicyclic) bond motifs is 1. The number of nitrogens with one attached hydrogen (secondary N) is 2. The maximum absolute atomic E-state index is 12.4. The molecule has 0 atom stereocenters. The van der Waals surface area contributed by atoms with Gasteiger partial charge in [-0.1, -0.05) is 12.1 Å². The minimum Gasteiger partial charge on any atom is -0.433 e. The molecule has 3 rings (SSSR count). The summed E-state index contributed by atoms with van der Waals surface area (Å²) in [5, 5.41) is 2.37. The summed E-state index contributed by atoms with van der Waals surface area (Å²) in [4.78, 5) is 39.0. The average molecular weight is 348 g/mol. The number of halogens is 2. The predicted molar refractivity (Wildman–Crippen MR) is 85.4 cm³/mol. The van der Waals surface area contributed by atoms with E-state index in [2.05, 4.69) is 15.0 Å². The van der Waals surface area contributed by atoms with Crippen LogP contribution in [0.4, 0.5) is 14.5 Å². The van der Waals surface area contributed by atoms with Crippen molar-refractivity contribution in [1.29, 1.82) is 0 Å². The van der Waals surface area contributed by atoms with Gasteiger partial charge in [0.1, 0.15) is 11.3 Å². The quantitative estimate of drug-likeness (QED) is 0.889.